The number of fused-ring (bicyclic) bond motifs is 1. The van der Waals surface area contributed by atoms with Crippen molar-refractivity contribution in [3.8, 4) is 0 Å². The Morgan fingerprint density at radius 1 is 1.10 bits per heavy atom. The van der Waals surface area contributed by atoms with Crippen LogP contribution in [0.25, 0.3) is 11.2 Å². The largest absolute Gasteiger partial charge is 0.382 e. The van der Waals surface area contributed by atoms with E-state index in [9.17, 15) is 0 Å². The first kappa shape index (κ1) is 25.9. The number of nitrogens with one attached hydrogen (secondary N) is 2. The lowest BCUT2D eigenvalue weighted by molar-refractivity contribution is 0.147. The van der Waals surface area contributed by atoms with E-state index >= 15 is 0 Å². The van der Waals surface area contributed by atoms with Crippen molar-refractivity contribution in [1.82, 2.24) is 19.5 Å². The average molecular weight is 474 g/mol. The van der Waals surface area contributed by atoms with Crippen LogP contribution in [-0.2, 0) is 4.74 Å². The number of hydrogen-bond donors (Lipinski definition) is 3. The van der Waals surface area contributed by atoms with Crippen molar-refractivity contribution in [2.75, 3.05) is 30.4 Å². The van der Waals surface area contributed by atoms with Crippen molar-refractivity contribution in [2.24, 2.45) is 5.73 Å². The number of nitrogens with zero attached hydrogens (tertiary/aromatic N) is 4. The molecule has 2 heterocycles. The summed E-state index contributed by atoms with van der Waals surface area (Å²) in [7, 11) is 0. The molecule has 2 saturated carbocycles. The van der Waals surface area contributed by atoms with Gasteiger partial charge in [-0.25, -0.2) is 4.98 Å². The molecule has 2 aliphatic carbocycles. The fraction of sp³-hybridized carbons (Fsp3) is 0.762. The zero-order chi connectivity index (χ0) is 20.1. The molecule has 0 amide bonds. The predicted octanol–water partition coefficient (Wildman–Crippen LogP) is 4.31. The van der Waals surface area contributed by atoms with Crippen LogP contribution >= 0.6 is 24.8 Å². The molecule has 2 aromatic heterocycles. The highest BCUT2D eigenvalue weighted by molar-refractivity contribution is 5.86. The highest BCUT2D eigenvalue weighted by Crippen LogP contribution is 2.33. The molecule has 10 heteroatoms. The van der Waals surface area contributed by atoms with Crippen molar-refractivity contribution in [3.05, 3.63) is 6.33 Å². The van der Waals surface area contributed by atoms with Gasteiger partial charge < -0.3 is 25.7 Å². The van der Waals surface area contributed by atoms with Gasteiger partial charge in [-0.1, -0.05) is 12.8 Å². The molecule has 0 aromatic carbocycles. The molecular formula is C21H37Cl2N7O. The van der Waals surface area contributed by atoms with Crippen LogP contribution in [0.5, 0.6) is 0 Å². The van der Waals surface area contributed by atoms with Crippen molar-refractivity contribution >= 4 is 47.7 Å². The van der Waals surface area contributed by atoms with Gasteiger partial charge in [0.25, 0.3) is 0 Å². The van der Waals surface area contributed by atoms with E-state index in [1.165, 1.54) is 25.7 Å². The molecule has 0 bridgehead atoms. The number of nitrogens with two attached hydrogens (primary N) is 1. The summed E-state index contributed by atoms with van der Waals surface area (Å²) in [6.45, 7) is 4.33. The van der Waals surface area contributed by atoms with E-state index in [4.69, 9.17) is 20.4 Å². The maximum Gasteiger partial charge on any atom is 0.227 e. The average Bonchev–Trinajstić information content (AvgIpc) is 3.39. The lowest BCUT2D eigenvalue weighted by Gasteiger charge is -2.27. The van der Waals surface area contributed by atoms with Gasteiger partial charge in [-0.15, -0.1) is 24.8 Å². The third kappa shape index (κ3) is 6.57. The van der Waals surface area contributed by atoms with Crippen LogP contribution in [0.2, 0.25) is 0 Å². The van der Waals surface area contributed by atoms with Gasteiger partial charge >= 0.3 is 0 Å². The number of anilines is 2. The molecule has 8 nitrogen and oxygen atoms in total. The second kappa shape index (κ2) is 12.6. The summed E-state index contributed by atoms with van der Waals surface area (Å²) in [6.07, 6.45) is 12.1. The lowest BCUT2D eigenvalue weighted by Crippen LogP contribution is -2.33. The predicted molar refractivity (Wildman–Crippen MR) is 131 cm³/mol. The molecule has 4 rings (SSSR count). The number of aromatic nitrogens is 4. The molecule has 4 N–H and O–H groups in total. The number of imidazole rings is 1. The molecule has 0 spiro atoms. The second-order valence-corrected chi connectivity index (χ2v) is 8.39. The van der Waals surface area contributed by atoms with E-state index in [-0.39, 0.29) is 24.8 Å². The zero-order valence-electron chi connectivity index (χ0n) is 18.4. The fourth-order valence-corrected chi connectivity index (χ4v) is 4.53. The van der Waals surface area contributed by atoms with Crippen LogP contribution < -0.4 is 16.4 Å². The van der Waals surface area contributed by atoms with Crippen LogP contribution in [0.4, 0.5) is 11.8 Å². The smallest absolute Gasteiger partial charge is 0.227 e. The Kier molecular flexibility index (Phi) is 10.6. The van der Waals surface area contributed by atoms with Gasteiger partial charge in [-0.3, -0.25) is 0 Å². The number of halogens is 2. The van der Waals surface area contributed by atoms with Gasteiger partial charge in [-0.05, 0) is 51.9 Å². The Labute approximate surface area is 197 Å². The summed E-state index contributed by atoms with van der Waals surface area (Å²) in [5.74, 6) is 1.52. The minimum atomic E-state index is 0. The molecule has 0 aliphatic heterocycles. The number of rotatable bonds is 9. The Bertz CT molecular complexity index is 789. The molecule has 2 aliphatic rings. The normalized spacial score (nSPS) is 21.5. The highest BCUT2D eigenvalue weighted by atomic mass is 35.5. The number of ether oxygens (including phenoxy) is 1. The van der Waals surface area contributed by atoms with Gasteiger partial charge in [0, 0.05) is 37.9 Å². The van der Waals surface area contributed by atoms with E-state index in [0.29, 0.717) is 24.1 Å². The van der Waals surface area contributed by atoms with E-state index in [2.05, 4.69) is 20.2 Å². The van der Waals surface area contributed by atoms with Gasteiger partial charge in [0.1, 0.15) is 0 Å². The Balaban J connectivity index is 0.00000171. The summed E-state index contributed by atoms with van der Waals surface area (Å²) < 4.78 is 7.71. The third-order valence-electron chi connectivity index (χ3n) is 6.21. The van der Waals surface area contributed by atoms with E-state index in [1.807, 2.05) is 13.3 Å². The van der Waals surface area contributed by atoms with Crippen LogP contribution in [0, 0.1) is 0 Å². The zero-order valence-corrected chi connectivity index (χ0v) is 20.0. The molecule has 0 saturated heterocycles. The van der Waals surface area contributed by atoms with Gasteiger partial charge in [-0.2, -0.15) is 9.97 Å². The highest BCUT2D eigenvalue weighted by Gasteiger charge is 2.23. The Morgan fingerprint density at radius 2 is 1.84 bits per heavy atom. The van der Waals surface area contributed by atoms with Gasteiger partial charge in [0.2, 0.25) is 5.95 Å². The first-order chi connectivity index (χ1) is 14.2. The molecule has 0 unspecified atom stereocenters. The van der Waals surface area contributed by atoms with E-state index in [1.54, 1.807) is 0 Å². The first-order valence-electron chi connectivity index (χ1n) is 11.3. The second-order valence-electron chi connectivity index (χ2n) is 8.39. The van der Waals surface area contributed by atoms with Crippen LogP contribution in [0.3, 0.4) is 0 Å². The lowest BCUT2D eigenvalue weighted by atomic mass is 9.92. The van der Waals surface area contributed by atoms with Crippen LogP contribution in [-0.4, -0.2) is 51.4 Å². The van der Waals surface area contributed by atoms with Crippen molar-refractivity contribution < 1.29 is 4.74 Å². The summed E-state index contributed by atoms with van der Waals surface area (Å²) in [5.41, 5.74) is 7.87. The molecule has 176 valence electrons. The van der Waals surface area contributed by atoms with Crippen molar-refractivity contribution in [1.29, 1.82) is 0 Å². The minimum absolute atomic E-state index is 0. The summed E-state index contributed by atoms with van der Waals surface area (Å²) >= 11 is 0. The molecule has 31 heavy (non-hydrogen) atoms. The van der Waals surface area contributed by atoms with Crippen molar-refractivity contribution in [2.45, 2.75) is 82.8 Å². The van der Waals surface area contributed by atoms with Crippen LogP contribution in [0.15, 0.2) is 6.33 Å². The first-order valence-corrected chi connectivity index (χ1v) is 11.3. The maximum absolute atomic E-state index is 6.06. The third-order valence-corrected chi connectivity index (χ3v) is 6.21. The molecule has 0 atom stereocenters. The van der Waals surface area contributed by atoms with Crippen LogP contribution in [0.1, 0.15) is 70.8 Å². The SMILES string of the molecule is CCOCCCNc1nc(NC2CCC(N)CC2)nc2c1ncn2C1CCCC1.Cl.Cl. The number of hydrogen-bond acceptors (Lipinski definition) is 7. The standard InChI is InChI=1S/C21H35N7O.2ClH/c1-2-29-13-5-12-23-19-18-20(28(14-24-18)17-6-3-4-7-17)27-21(26-19)25-16-10-8-15(22)9-11-16;;/h14-17H,2-13,22H2,1H3,(H2,23,25,26,27);2*1H. The fourth-order valence-electron chi connectivity index (χ4n) is 4.53. The summed E-state index contributed by atoms with van der Waals surface area (Å²) in [4.78, 5) is 14.4. The summed E-state index contributed by atoms with van der Waals surface area (Å²) in [6, 6.07) is 1.23. The molecule has 2 aromatic rings. The van der Waals surface area contributed by atoms with Gasteiger partial charge in [0.05, 0.1) is 6.33 Å². The molecule has 0 radical (unpaired) electrons. The quantitative estimate of drug-likeness (QED) is 0.466. The van der Waals surface area contributed by atoms with Gasteiger partial charge in [0.15, 0.2) is 17.0 Å². The maximum atomic E-state index is 6.06. The summed E-state index contributed by atoms with van der Waals surface area (Å²) in [5, 5.41) is 7.04. The van der Waals surface area contributed by atoms with Crippen molar-refractivity contribution in [3.63, 3.8) is 0 Å². The molecule has 2 fully saturated rings. The van der Waals surface area contributed by atoms with E-state index < -0.39 is 0 Å². The Hall–Kier alpha value is -1.35. The topological polar surface area (TPSA) is 103 Å². The Morgan fingerprint density at radius 3 is 2.55 bits per heavy atom. The molecular weight excluding hydrogens is 437 g/mol. The van der Waals surface area contributed by atoms with E-state index in [0.717, 1.165) is 68.8 Å². The minimum Gasteiger partial charge on any atom is -0.382 e. The monoisotopic (exact) mass is 473 g/mol.